The van der Waals surface area contributed by atoms with Gasteiger partial charge in [0.15, 0.2) is 7.83 Å². The summed E-state index contributed by atoms with van der Waals surface area (Å²) in [6, 6.07) is 8.87. The van der Waals surface area contributed by atoms with Crippen molar-refractivity contribution in [3.63, 3.8) is 0 Å². The summed E-state index contributed by atoms with van der Waals surface area (Å²) in [7, 11) is -3.94. The maximum Gasteiger partial charge on any atom is 0.175 e. The second-order valence-electron chi connectivity index (χ2n) is 7.53. The normalized spacial score (nSPS) is 30.3. The summed E-state index contributed by atoms with van der Waals surface area (Å²) in [6.07, 6.45) is 2.47. The van der Waals surface area contributed by atoms with Crippen molar-refractivity contribution in [3.8, 4) is 0 Å². The van der Waals surface area contributed by atoms with E-state index >= 15 is 0 Å². The summed E-state index contributed by atoms with van der Waals surface area (Å²) in [5.41, 5.74) is 0.246. The summed E-state index contributed by atoms with van der Waals surface area (Å²) in [6.45, 7) is 20.0. The molecule has 0 spiro atoms. The monoisotopic (exact) mass is 344 g/mol. The number of hydrogen-bond donors (Lipinski definition) is 0. The molecule has 1 nitrogen and oxygen atoms in total. The lowest BCUT2D eigenvalue weighted by molar-refractivity contribution is 0.0696. The van der Waals surface area contributed by atoms with E-state index in [0.29, 0.717) is 0 Å². The molecule has 0 aromatic rings. The molecule has 0 radical (unpaired) electrons. The molecule has 1 rings (SSSR count). The fourth-order valence-electron chi connectivity index (χ4n) is 5.94. The molecule has 0 N–H and O–H groups in total. The van der Waals surface area contributed by atoms with Crippen LogP contribution >= 0.6 is 0 Å². The zero-order valence-corrected chi connectivity index (χ0v) is 19.1. The Morgan fingerprint density at radius 3 is 1.52 bits per heavy atom. The number of rotatable bonds is 7. The SMILES string of the molecule is CCC1(CC)C[Si](CC)(CC)[Si](CC)(CC)[Si](C)(CC)O1. The Bertz CT molecular complexity index is 333. The van der Waals surface area contributed by atoms with E-state index in [2.05, 4.69) is 55.0 Å². The average molecular weight is 345 g/mol. The summed E-state index contributed by atoms with van der Waals surface area (Å²) in [4.78, 5) is 0. The van der Waals surface area contributed by atoms with Crippen molar-refractivity contribution in [3.05, 3.63) is 0 Å². The largest absolute Gasteiger partial charge is 0.415 e. The first-order valence-electron chi connectivity index (χ1n) is 9.54. The minimum atomic E-state index is -1.54. The van der Waals surface area contributed by atoms with Gasteiger partial charge >= 0.3 is 0 Å². The first-order chi connectivity index (χ1) is 9.84. The summed E-state index contributed by atoms with van der Waals surface area (Å²) in [5.74, 6) is 0. The highest BCUT2D eigenvalue weighted by molar-refractivity contribution is 7.69. The van der Waals surface area contributed by atoms with E-state index in [1.165, 1.54) is 49.1 Å². The molecule has 1 aliphatic heterocycles. The van der Waals surface area contributed by atoms with Gasteiger partial charge in [0.05, 0.1) is 20.3 Å². The zero-order chi connectivity index (χ0) is 16.4. The van der Waals surface area contributed by atoms with Crippen LogP contribution in [-0.4, -0.2) is 28.1 Å². The van der Waals surface area contributed by atoms with E-state index in [9.17, 15) is 0 Å². The predicted molar refractivity (Wildman–Crippen MR) is 105 cm³/mol. The first kappa shape index (κ1) is 19.7. The van der Waals surface area contributed by atoms with E-state index in [1.807, 2.05) is 0 Å². The van der Waals surface area contributed by atoms with Gasteiger partial charge in [-0.2, -0.15) is 0 Å². The lowest BCUT2D eigenvalue weighted by Gasteiger charge is -2.64. The maximum absolute atomic E-state index is 7.20. The molecule has 1 aliphatic rings. The standard InChI is InChI=1S/C17H40OSi3/c1-9-17(10-2)16-20(12-4,13-5)21(14-6,15-7)19(8,11-3)18-17/h9-16H2,1-8H3. The van der Waals surface area contributed by atoms with E-state index in [1.54, 1.807) is 0 Å². The second kappa shape index (κ2) is 7.02. The molecule has 0 amide bonds. The van der Waals surface area contributed by atoms with Gasteiger partial charge in [-0.15, -0.1) is 0 Å². The molecule has 0 aliphatic carbocycles. The van der Waals surface area contributed by atoms with E-state index in [4.69, 9.17) is 4.43 Å². The molecule has 0 saturated carbocycles. The fraction of sp³-hybridized carbons (Fsp3) is 1.00. The topological polar surface area (TPSA) is 9.23 Å². The Morgan fingerprint density at radius 2 is 1.24 bits per heavy atom. The van der Waals surface area contributed by atoms with Gasteiger partial charge in [-0.05, 0) is 31.5 Å². The molecule has 21 heavy (non-hydrogen) atoms. The third kappa shape index (κ3) is 2.68. The summed E-state index contributed by atoms with van der Waals surface area (Å²) < 4.78 is 7.20. The minimum Gasteiger partial charge on any atom is -0.415 e. The minimum absolute atomic E-state index is 0.246. The van der Waals surface area contributed by atoms with Gasteiger partial charge in [-0.25, -0.2) is 0 Å². The van der Waals surface area contributed by atoms with Crippen LogP contribution in [0.3, 0.4) is 0 Å². The molecule has 0 aromatic carbocycles. The molecule has 1 saturated heterocycles. The molecule has 0 aromatic heterocycles. The molecule has 0 bridgehead atoms. The maximum atomic E-state index is 7.20. The Kier molecular flexibility index (Phi) is 6.57. The van der Waals surface area contributed by atoms with Gasteiger partial charge in [0.25, 0.3) is 0 Å². The molecule has 126 valence electrons. The summed E-state index contributed by atoms with van der Waals surface area (Å²) >= 11 is 0. The van der Waals surface area contributed by atoms with Crippen molar-refractivity contribution in [1.82, 2.24) is 0 Å². The van der Waals surface area contributed by atoms with Crippen molar-refractivity contribution >= 4 is 22.5 Å². The van der Waals surface area contributed by atoms with Gasteiger partial charge in [0.1, 0.15) is 0 Å². The highest BCUT2D eigenvalue weighted by Crippen LogP contribution is 2.53. The Morgan fingerprint density at radius 1 is 0.762 bits per heavy atom. The lowest BCUT2D eigenvalue weighted by atomic mass is 10.0. The molecule has 1 atom stereocenters. The van der Waals surface area contributed by atoms with Crippen molar-refractivity contribution in [2.45, 2.75) is 110 Å². The van der Waals surface area contributed by atoms with E-state index in [-0.39, 0.29) is 5.60 Å². The van der Waals surface area contributed by atoms with E-state index in [0.717, 1.165) is 0 Å². The number of hydrogen-bond acceptors (Lipinski definition) is 1. The Labute approximate surface area is 137 Å². The molecule has 1 fully saturated rings. The fourth-order valence-corrected chi connectivity index (χ4v) is 55.3. The predicted octanol–water partition coefficient (Wildman–Crippen LogP) is 6.30. The molecule has 4 heteroatoms. The van der Waals surface area contributed by atoms with Crippen LogP contribution in [0.4, 0.5) is 0 Å². The van der Waals surface area contributed by atoms with Crippen molar-refractivity contribution in [1.29, 1.82) is 0 Å². The van der Waals surface area contributed by atoms with Crippen LogP contribution < -0.4 is 0 Å². The van der Waals surface area contributed by atoms with Crippen LogP contribution in [0.1, 0.15) is 61.3 Å². The third-order valence-electron chi connectivity index (χ3n) is 7.65. The second-order valence-corrected chi connectivity index (χ2v) is 32.4. The quantitative estimate of drug-likeness (QED) is 0.492. The van der Waals surface area contributed by atoms with Crippen LogP contribution in [0.15, 0.2) is 0 Å². The third-order valence-corrected chi connectivity index (χ3v) is 50.3. The van der Waals surface area contributed by atoms with Gasteiger partial charge in [-0.3, -0.25) is 0 Å². The van der Waals surface area contributed by atoms with Crippen LogP contribution in [0.5, 0.6) is 0 Å². The summed E-state index contributed by atoms with van der Waals surface area (Å²) in [5, 5.41) is 0. The smallest absolute Gasteiger partial charge is 0.175 e. The van der Waals surface area contributed by atoms with Crippen LogP contribution in [0, 0.1) is 0 Å². The van der Waals surface area contributed by atoms with Gasteiger partial charge in [0, 0.05) is 0 Å². The van der Waals surface area contributed by atoms with Crippen LogP contribution in [0.25, 0.3) is 0 Å². The van der Waals surface area contributed by atoms with E-state index < -0.39 is 22.5 Å². The molecular formula is C17H40OSi3. The lowest BCUT2D eigenvalue weighted by Crippen LogP contribution is -2.82. The average Bonchev–Trinajstić information content (AvgIpc) is 2.54. The van der Waals surface area contributed by atoms with Crippen LogP contribution in [0.2, 0.25) is 42.8 Å². The van der Waals surface area contributed by atoms with Gasteiger partial charge in [0.2, 0.25) is 0 Å². The van der Waals surface area contributed by atoms with Gasteiger partial charge < -0.3 is 4.43 Å². The molecule has 1 unspecified atom stereocenters. The highest BCUT2D eigenvalue weighted by atomic mass is 29.6. The van der Waals surface area contributed by atoms with Crippen molar-refractivity contribution in [2.24, 2.45) is 0 Å². The Balaban J connectivity index is 3.54. The highest BCUT2D eigenvalue weighted by Gasteiger charge is 2.67. The van der Waals surface area contributed by atoms with Crippen molar-refractivity contribution in [2.75, 3.05) is 0 Å². The van der Waals surface area contributed by atoms with Crippen LogP contribution in [-0.2, 0) is 4.43 Å². The van der Waals surface area contributed by atoms with Crippen molar-refractivity contribution < 1.29 is 4.43 Å². The first-order valence-corrected chi connectivity index (χ1v) is 19.2. The zero-order valence-electron chi connectivity index (χ0n) is 16.1. The molecule has 1 heterocycles. The Hall–Kier alpha value is 0.611. The van der Waals surface area contributed by atoms with Gasteiger partial charge in [-0.1, -0.05) is 72.6 Å². The molecular weight excluding hydrogens is 304 g/mol.